The Morgan fingerprint density at radius 2 is 2.31 bits per heavy atom. The van der Waals surface area contributed by atoms with Crippen LogP contribution in [0.2, 0.25) is 0 Å². The largest absolute Gasteiger partial charge is 0.354 e. The Balaban J connectivity index is 2.43. The van der Waals surface area contributed by atoms with Gasteiger partial charge in [0.2, 0.25) is 0 Å². The highest BCUT2D eigenvalue weighted by molar-refractivity contribution is 7.11. The summed E-state index contributed by atoms with van der Waals surface area (Å²) in [7, 11) is 1.77. The van der Waals surface area contributed by atoms with E-state index in [4.69, 9.17) is 0 Å². The summed E-state index contributed by atoms with van der Waals surface area (Å²) >= 11 is 1.75. The van der Waals surface area contributed by atoms with Gasteiger partial charge in [-0.15, -0.1) is 11.3 Å². The van der Waals surface area contributed by atoms with Crippen molar-refractivity contribution in [2.75, 3.05) is 7.05 Å². The maximum atomic E-state index is 4.35. The first-order valence-electron chi connectivity index (χ1n) is 5.56. The van der Waals surface area contributed by atoms with Crippen LogP contribution in [-0.2, 0) is 13.0 Å². The number of hydrogen-bond acceptors (Lipinski definition) is 3. The van der Waals surface area contributed by atoms with E-state index in [1.807, 2.05) is 6.20 Å². The van der Waals surface area contributed by atoms with E-state index in [2.05, 4.69) is 41.4 Å². The molecule has 2 N–H and O–H groups in total. The summed E-state index contributed by atoms with van der Waals surface area (Å²) in [5.41, 5.74) is 0. The zero-order valence-corrected chi connectivity index (χ0v) is 11.2. The summed E-state index contributed by atoms with van der Waals surface area (Å²) < 4.78 is 0. The Morgan fingerprint density at radius 3 is 2.81 bits per heavy atom. The van der Waals surface area contributed by atoms with Crippen molar-refractivity contribution in [3.05, 3.63) is 16.1 Å². The fraction of sp³-hybridized carbons (Fsp3) is 0.636. The van der Waals surface area contributed by atoms with Gasteiger partial charge in [0.05, 0.1) is 6.54 Å². The van der Waals surface area contributed by atoms with Crippen LogP contribution in [0, 0.1) is 0 Å². The van der Waals surface area contributed by atoms with Crippen molar-refractivity contribution in [3.63, 3.8) is 0 Å². The zero-order valence-electron chi connectivity index (χ0n) is 10.4. The highest BCUT2D eigenvalue weighted by Gasteiger charge is 2.03. The molecule has 0 unspecified atom stereocenters. The molecule has 0 spiro atoms. The van der Waals surface area contributed by atoms with Gasteiger partial charge in [0, 0.05) is 24.2 Å². The van der Waals surface area contributed by atoms with Crippen LogP contribution < -0.4 is 10.6 Å². The van der Waals surface area contributed by atoms with E-state index >= 15 is 0 Å². The molecule has 0 saturated heterocycles. The van der Waals surface area contributed by atoms with Crippen LogP contribution in [0.3, 0.4) is 0 Å². The second-order valence-corrected chi connectivity index (χ2v) is 5.00. The number of guanidine groups is 1. The third kappa shape index (κ3) is 4.18. The van der Waals surface area contributed by atoms with E-state index in [9.17, 15) is 0 Å². The summed E-state index contributed by atoms with van der Waals surface area (Å²) in [5, 5.41) is 7.58. The first-order chi connectivity index (χ1) is 7.65. The normalized spacial score (nSPS) is 11.9. The number of aromatic nitrogens is 1. The lowest BCUT2D eigenvalue weighted by atomic mass is 10.4. The number of nitrogens with one attached hydrogen (secondary N) is 2. The topological polar surface area (TPSA) is 49.3 Å². The molecular formula is C11H20N4S. The Labute approximate surface area is 101 Å². The number of nitrogens with zero attached hydrogens (tertiary/aromatic N) is 2. The number of aryl methyl sites for hydroxylation is 1. The van der Waals surface area contributed by atoms with Crippen molar-refractivity contribution in [1.82, 2.24) is 15.6 Å². The molecule has 90 valence electrons. The smallest absolute Gasteiger partial charge is 0.191 e. The van der Waals surface area contributed by atoms with Gasteiger partial charge in [0.15, 0.2) is 5.96 Å². The van der Waals surface area contributed by atoms with E-state index in [1.165, 1.54) is 4.88 Å². The van der Waals surface area contributed by atoms with E-state index in [-0.39, 0.29) is 0 Å². The van der Waals surface area contributed by atoms with Gasteiger partial charge in [-0.2, -0.15) is 0 Å². The number of thiazole rings is 1. The van der Waals surface area contributed by atoms with Gasteiger partial charge >= 0.3 is 0 Å². The highest BCUT2D eigenvalue weighted by Crippen LogP contribution is 2.12. The Bertz CT molecular complexity index is 344. The van der Waals surface area contributed by atoms with Crippen LogP contribution >= 0.6 is 11.3 Å². The van der Waals surface area contributed by atoms with Crippen molar-refractivity contribution < 1.29 is 0 Å². The van der Waals surface area contributed by atoms with Gasteiger partial charge in [-0.25, -0.2) is 4.98 Å². The molecule has 4 nitrogen and oxygen atoms in total. The molecule has 0 aliphatic rings. The fourth-order valence-electron chi connectivity index (χ4n) is 1.22. The minimum atomic E-state index is 0.383. The quantitative estimate of drug-likeness (QED) is 0.623. The molecule has 0 amide bonds. The molecule has 0 radical (unpaired) electrons. The van der Waals surface area contributed by atoms with E-state index in [0.29, 0.717) is 6.04 Å². The predicted octanol–water partition coefficient (Wildman–Crippen LogP) is 1.78. The van der Waals surface area contributed by atoms with Crippen molar-refractivity contribution in [2.45, 2.75) is 39.8 Å². The summed E-state index contributed by atoms with van der Waals surface area (Å²) in [4.78, 5) is 9.81. The van der Waals surface area contributed by atoms with Gasteiger partial charge in [0.1, 0.15) is 5.01 Å². The van der Waals surface area contributed by atoms with Crippen LogP contribution in [0.5, 0.6) is 0 Å². The van der Waals surface area contributed by atoms with Crippen LogP contribution in [0.4, 0.5) is 0 Å². The minimum absolute atomic E-state index is 0.383. The Morgan fingerprint density at radius 1 is 1.56 bits per heavy atom. The summed E-state index contributed by atoms with van der Waals surface area (Å²) in [6.45, 7) is 7.05. The van der Waals surface area contributed by atoms with E-state index in [0.717, 1.165) is 23.9 Å². The molecule has 0 saturated carbocycles. The van der Waals surface area contributed by atoms with Crippen LogP contribution in [0.1, 0.15) is 30.7 Å². The average molecular weight is 240 g/mol. The van der Waals surface area contributed by atoms with Crippen LogP contribution in [-0.4, -0.2) is 24.0 Å². The maximum absolute atomic E-state index is 4.35. The van der Waals surface area contributed by atoms with E-state index in [1.54, 1.807) is 18.4 Å². The molecule has 0 fully saturated rings. The van der Waals surface area contributed by atoms with E-state index < -0.39 is 0 Å². The molecule has 0 aromatic carbocycles. The zero-order chi connectivity index (χ0) is 12.0. The molecule has 5 heteroatoms. The average Bonchev–Trinajstić information content (AvgIpc) is 2.71. The molecule has 0 bridgehead atoms. The molecule has 0 aliphatic heterocycles. The van der Waals surface area contributed by atoms with Crippen molar-refractivity contribution in [2.24, 2.45) is 4.99 Å². The van der Waals surface area contributed by atoms with Crippen LogP contribution in [0.25, 0.3) is 0 Å². The Kier molecular flexibility index (Phi) is 5.25. The molecule has 1 heterocycles. The van der Waals surface area contributed by atoms with Crippen LogP contribution in [0.15, 0.2) is 11.2 Å². The second-order valence-electron chi connectivity index (χ2n) is 3.80. The number of hydrogen-bond donors (Lipinski definition) is 2. The highest BCUT2D eigenvalue weighted by atomic mass is 32.1. The van der Waals surface area contributed by atoms with Gasteiger partial charge in [-0.1, -0.05) is 6.92 Å². The second kappa shape index (κ2) is 6.48. The lowest BCUT2D eigenvalue weighted by molar-refractivity contribution is 0.698. The fourth-order valence-corrected chi connectivity index (χ4v) is 2.02. The number of aliphatic imine (C=N–C) groups is 1. The molecule has 0 aliphatic carbocycles. The summed E-state index contributed by atoms with van der Waals surface area (Å²) in [5.74, 6) is 0.822. The van der Waals surface area contributed by atoms with Gasteiger partial charge < -0.3 is 10.6 Å². The van der Waals surface area contributed by atoms with Gasteiger partial charge in [-0.05, 0) is 20.3 Å². The predicted molar refractivity (Wildman–Crippen MR) is 70.0 cm³/mol. The lowest BCUT2D eigenvalue weighted by Gasteiger charge is -2.13. The SMILES string of the molecule is CCc1cnc(CNC(=NC)NC(C)C)s1. The minimum Gasteiger partial charge on any atom is -0.354 e. The monoisotopic (exact) mass is 240 g/mol. The third-order valence-electron chi connectivity index (χ3n) is 2.01. The first-order valence-corrected chi connectivity index (χ1v) is 6.38. The third-order valence-corrected chi connectivity index (χ3v) is 3.15. The van der Waals surface area contributed by atoms with Crippen molar-refractivity contribution in [1.29, 1.82) is 0 Å². The standard InChI is InChI=1S/C11H20N4S/c1-5-9-6-13-10(16-9)7-14-11(12-4)15-8(2)3/h6,8H,5,7H2,1-4H3,(H2,12,14,15). The van der Waals surface area contributed by atoms with Crippen molar-refractivity contribution in [3.8, 4) is 0 Å². The molecular weight excluding hydrogens is 220 g/mol. The molecule has 1 aromatic rings. The Hall–Kier alpha value is -1.10. The first kappa shape index (κ1) is 13.0. The lowest BCUT2D eigenvalue weighted by Crippen LogP contribution is -2.40. The van der Waals surface area contributed by atoms with Crippen molar-refractivity contribution >= 4 is 17.3 Å². The molecule has 1 rings (SSSR count). The molecule has 16 heavy (non-hydrogen) atoms. The van der Waals surface area contributed by atoms with Gasteiger partial charge in [-0.3, -0.25) is 4.99 Å². The summed E-state index contributed by atoms with van der Waals surface area (Å²) in [6, 6.07) is 0.383. The summed E-state index contributed by atoms with van der Waals surface area (Å²) in [6.07, 6.45) is 3.00. The number of rotatable bonds is 4. The van der Waals surface area contributed by atoms with Gasteiger partial charge in [0.25, 0.3) is 0 Å². The maximum Gasteiger partial charge on any atom is 0.191 e. The molecule has 1 aromatic heterocycles. The molecule has 0 atom stereocenters.